The monoisotopic (exact) mass is 252 g/mol. The third kappa shape index (κ3) is 2.87. The zero-order valence-corrected chi connectivity index (χ0v) is 8.98. The number of hydrogen-bond donors (Lipinski definition) is 4. The molecule has 6 N–H and O–H groups in total. The van der Waals surface area contributed by atoms with Crippen molar-refractivity contribution in [2.45, 2.75) is 0 Å². The number of ether oxygens (including phenoxy) is 1. The maximum Gasteiger partial charge on any atom is 0.357 e. The minimum Gasteiger partial charge on any atom is -0.476 e. The van der Waals surface area contributed by atoms with Gasteiger partial charge in [-0.2, -0.15) is 0 Å². The molecule has 0 radical (unpaired) electrons. The molecule has 18 heavy (non-hydrogen) atoms. The predicted molar refractivity (Wildman–Crippen MR) is 58.9 cm³/mol. The van der Waals surface area contributed by atoms with Crippen molar-refractivity contribution in [3.05, 3.63) is 35.4 Å². The summed E-state index contributed by atoms with van der Waals surface area (Å²) in [6, 6.07) is 1.10. The molecule has 94 valence electrons. The Morgan fingerprint density at radius 1 is 1.67 bits per heavy atom. The Morgan fingerprint density at radius 2 is 2.33 bits per heavy atom. The third-order valence-corrected chi connectivity index (χ3v) is 1.79. The van der Waals surface area contributed by atoms with Crippen molar-refractivity contribution in [2.24, 2.45) is 11.6 Å². The first-order valence-electron chi connectivity index (χ1n) is 4.49. The van der Waals surface area contributed by atoms with Crippen molar-refractivity contribution in [3.63, 3.8) is 0 Å². The summed E-state index contributed by atoms with van der Waals surface area (Å²) >= 11 is 0. The van der Waals surface area contributed by atoms with Crippen LogP contribution in [0.15, 0.2) is 23.8 Å². The van der Waals surface area contributed by atoms with Crippen molar-refractivity contribution in [2.75, 3.05) is 0 Å². The smallest absolute Gasteiger partial charge is 0.357 e. The Balaban J connectivity index is 3.14. The lowest BCUT2D eigenvalue weighted by Gasteiger charge is -2.11. The fourth-order valence-corrected chi connectivity index (χ4v) is 0.947. The Morgan fingerprint density at radius 3 is 2.83 bits per heavy atom. The van der Waals surface area contributed by atoms with Crippen molar-refractivity contribution in [1.82, 2.24) is 10.4 Å². The Bertz CT molecular complexity index is 551. The fourth-order valence-electron chi connectivity index (χ4n) is 0.947. The first-order chi connectivity index (χ1) is 8.49. The van der Waals surface area contributed by atoms with Crippen LogP contribution in [0.3, 0.4) is 0 Å². The molecule has 0 aromatic carbocycles. The molecule has 7 nitrogen and oxygen atoms in total. The first-order valence-corrected chi connectivity index (χ1v) is 4.49. The van der Waals surface area contributed by atoms with E-state index in [1.54, 1.807) is 0 Å². The van der Waals surface area contributed by atoms with E-state index in [0.717, 1.165) is 12.3 Å². The fraction of sp³-hybridized carbons (Fsp3) is 0. The average Bonchev–Trinajstić information content (AvgIpc) is 2.36. The second-order valence-electron chi connectivity index (χ2n) is 2.94. The van der Waals surface area contributed by atoms with E-state index >= 15 is 0 Å². The molecule has 0 fully saturated rings. The summed E-state index contributed by atoms with van der Waals surface area (Å²) in [4.78, 5) is 14.2. The summed E-state index contributed by atoms with van der Waals surface area (Å²) in [6.07, 6.45) is 5.91. The SMILES string of the molecule is C#Cc1cc(O/C(NN)=C(/N)C(=O)O)c(F)cn1. The zero-order chi connectivity index (χ0) is 13.7. The van der Waals surface area contributed by atoms with E-state index in [0.29, 0.717) is 0 Å². The van der Waals surface area contributed by atoms with E-state index in [1.807, 2.05) is 5.43 Å². The van der Waals surface area contributed by atoms with Gasteiger partial charge < -0.3 is 15.6 Å². The summed E-state index contributed by atoms with van der Waals surface area (Å²) in [7, 11) is 0. The summed E-state index contributed by atoms with van der Waals surface area (Å²) in [5.41, 5.74) is 6.48. The zero-order valence-electron chi connectivity index (χ0n) is 8.98. The van der Waals surface area contributed by atoms with Crippen LogP contribution in [0.4, 0.5) is 4.39 Å². The third-order valence-electron chi connectivity index (χ3n) is 1.79. The number of hydrazine groups is 1. The van der Waals surface area contributed by atoms with Crippen LogP contribution in [0.1, 0.15) is 5.69 Å². The molecule has 0 saturated carbocycles. The number of nitrogens with two attached hydrogens (primary N) is 2. The molecule has 0 amide bonds. The number of aliphatic carboxylic acids is 1. The van der Waals surface area contributed by atoms with Crippen LogP contribution in [-0.4, -0.2) is 16.1 Å². The Labute approximate surface area is 101 Å². The number of carboxylic acids is 1. The van der Waals surface area contributed by atoms with Gasteiger partial charge in [0.05, 0.1) is 6.20 Å². The topological polar surface area (TPSA) is 123 Å². The molecule has 0 unspecified atom stereocenters. The van der Waals surface area contributed by atoms with Crippen LogP contribution >= 0.6 is 0 Å². The number of halogens is 1. The average molecular weight is 252 g/mol. The number of terminal acetylenes is 1. The summed E-state index contributed by atoms with van der Waals surface area (Å²) in [6.45, 7) is 0. The molecule has 8 heteroatoms. The normalized spacial score (nSPS) is 11.2. The Kier molecular flexibility index (Phi) is 4.07. The number of nitrogens with one attached hydrogen (secondary N) is 1. The van der Waals surface area contributed by atoms with Gasteiger partial charge in [-0.1, -0.05) is 5.92 Å². The van der Waals surface area contributed by atoms with Crippen molar-refractivity contribution >= 4 is 5.97 Å². The molecule has 0 spiro atoms. The largest absolute Gasteiger partial charge is 0.476 e. The van der Waals surface area contributed by atoms with Gasteiger partial charge in [0.1, 0.15) is 5.69 Å². The van der Waals surface area contributed by atoms with Crippen LogP contribution in [0.25, 0.3) is 0 Å². The molecule has 0 bridgehead atoms. The van der Waals surface area contributed by atoms with Gasteiger partial charge in [0.25, 0.3) is 0 Å². The molecule has 1 rings (SSSR count). The molecular formula is C10H9FN4O3. The quantitative estimate of drug-likeness (QED) is 0.183. The number of nitrogens with zero attached hydrogens (tertiary/aromatic N) is 1. The second-order valence-corrected chi connectivity index (χ2v) is 2.94. The van der Waals surface area contributed by atoms with Gasteiger partial charge in [0, 0.05) is 6.07 Å². The van der Waals surface area contributed by atoms with Crippen molar-refractivity contribution < 1.29 is 19.0 Å². The molecule has 1 aromatic heterocycles. The van der Waals surface area contributed by atoms with E-state index in [-0.39, 0.29) is 11.4 Å². The number of rotatable bonds is 4. The van der Waals surface area contributed by atoms with Gasteiger partial charge in [-0.3, -0.25) is 5.43 Å². The van der Waals surface area contributed by atoms with Crippen LogP contribution in [0.2, 0.25) is 0 Å². The highest BCUT2D eigenvalue weighted by Crippen LogP contribution is 2.18. The molecule has 1 heterocycles. The number of pyridine rings is 1. The first kappa shape index (κ1) is 13.3. The molecule has 0 aliphatic rings. The summed E-state index contributed by atoms with van der Waals surface area (Å²) in [5, 5.41) is 8.63. The lowest BCUT2D eigenvalue weighted by molar-refractivity contribution is -0.132. The molecule has 0 saturated heterocycles. The number of carboxylic acid groups (broad SMARTS) is 1. The van der Waals surface area contributed by atoms with Gasteiger partial charge >= 0.3 is 5.97 Å². The second kappa shape index (κ2) is 5.51. The van der Waals surface area contributed by atoms with Crippen LogP contribution < -0.4 is 21.7 Å². The molecule has 0 aliphatic heterocycles. The van der Waals surface area contributed by atoms with Crippen molar-refractivity contribution in [3.8, 4) is 18.1 Å². The maximum absolute atomic E-state index is 13.3. The minimum absolute atomic E-state index is 0.108. The molecule has 1 aromatic rings. The number of aromatic nitrogens is 1. The standard InChI is InChI=1S/C10H9FN4O3/c1-2-5-3-7(6(11)4-14-5)18-9(15-13)8(12)10(16)17/h1,3-4,15H,12-13H2,(H,16,17)/b9-8+. The van der Waals surface area contributed by atoms with E-state index in [2.05, 4.69) is 10.9 Å². The van der Waals surface area contributed by atoms with Gasteiger partial charge in [-0.15, -0.1) is 6.42 Å². The van der Waals surface area contributed by atoms with Crippen molar-refractivity contribution in [1.29, 1.82) is 0 Å². The molecule has 0 atom stereocenters. The van der Waals surface area contributed by atoms with Gasteiger partial charge in [0.2, 0.25) is 5.88 Å². The predicted octanol–water partition coefficient (Wildman–Crippen LogP) is -0.743. The highest BCUT2D eigenvalue weighted by molar-refractivity contribution is 5.85. The van der Waals surface area contributed by atoms with E-state index in [9.17, 15) is 9.18 Å². The lowest BCUT2D eigenvalue weighted by Crippen LogP contribution is -2.31. The maximum atomic E-state index is 13.3. The number of carbonyl (C=O) groups is 1. The highest BCUT2D eigenvalue weighted by Gasteiger charge is 2.14. The van der Waals surface area contributed by atoms with Gasteiger partial charge in [-0.25, -0.2) is 20.0 Å². The van der Waals surface area contributed by atoms with Gasteiger partial charge in [-0.05, 0) is 0 Å². The van der Waals surface area contributed by atoms with Crippen LogP contribution in [-0.2, 0) is 4.79 Å². The molecular weight excluding hydrogens is 243 g/mol. The summed E-state index contributed by atoms with van der Waals surface area (Å²) in [5.74, 6) is 4.00. The van der Waals surface area contributed by atoms with Crippen LogP contribution in [0, 0.1) is 18.2 Å². The minimum atomic E-state index is -1.48. The van der Waals surface area contributed by atoms with Gasteiger partial charge in [0.15, 0.2) is 17.3 Å². The highest BCUT2D eigenvalue weighted by atomic mass is 19.1. The number of hydrogen-bond acceptors (Lipinski definition) is 6. The van der Waals surface area contributed by atoms with E-state index in [1.165, 1.54) is 0 Å². The Hall–Kier alpha value is -2.79. The molecule has 0 aliphatic carbocycles. The van der Waals surface area contributed by atoms with Crippen LogP contribution in [0.5, 0.6) is 5.75 Å². The van der Waals surface area contributed by atoms with E-state index in [4.69, 9.17) is 27.8 Å². The van der Waals surface area contributed by atoms with E-state index < -0.39 is 23.4 Å². The lowest BCUT2D eigenvalue weighted by atomic mass is 10.3. The summed E-state index contributed by atoms with van der Waals surface area (Å²) < 4.78 is 18.2.